The van der Waals surface area contributed by atoms with Crippen LogP contribution >= 0.6 is 11.6 Å². The monoisotopic (exact) mass is 495 g/mol. The van der Waals surface area contributed by atoms with Crippen LogP contribution in [0.4, 0.5) is 4.39 Å². The minimum absolute atomic E-state index is 0.0794. The lowest BCUT2D eigenvalue weighted by Gasteiger charge is -2.24. The Morgan fingerprint density at radius 1 is 1.09 bits per heavy atom. The molecule has 7 heteroatoms. The molecule has 0 bridgehead atoms. The summed E-state index contributed by atoms with van der Waals surface area (Å²) in [6.07, 6.45) is 0.902. The number of carboxylic acids is 1. The van der Waals surface area contributed by atoms with E-state index < -0.39 is 17.4 Å². The first-order valence-corrected chi connectivity index (χ1v) is 11.8. The number of rotatable bonds is 8. The molecule has 0 saturated heterocycles. The van der Waals surface area contributed by atoms with Crippen LogP contribution in [0, 0.1) is 12.7 Å². The molecule has 3 aromatic rings. The Kier molecular flexibility index (Phi) is 7.13. The predicted molar refractivity (Wildman–Crippen MR) is 132 cm³/mol. The van der Waals surface area contributed by atoms with Crippen LogP contribution in [0.3, 0.4) is 0 Å². The van der Waals surface area contributed by atoms with Crippen LogP contribution in [-0.2, 0) is 24.2 Å². The second-order valence-electron chi connectivity index (χ2n) is 9.33. The first kappa shape index (κ1) is 24.7. The van der Waals surface area contributed by atoms with Crippen LogP contribution in [0.1, 0.15) is 46.0 Å². The van der Waals surface area contributed by atoms with E-state index >= 15 is 0 Å². The molecule has 0 fully saturated rings. The van der Waals surface area contributed by atoms with Crippen molar-refractivity contribution in [1.82, 2.24) is 4.90 Å². The Balaban J connectivity index is 1.52. The molecule has 5 nitrogen and oxygen atoms in total. The van der Waals surface area contributed by atoms with Gasteiger partial charge in [0, 0.05) is 31.5 Å². The molecule has 3 aromatic carbocycles. The minimum atomic E-state index is -0.955. The maximum atomic E-state index is 13.9. The Morgan fingerprint density at radius 2 is 1.80 bits per heavy atom. The number of halogens is 2. The second-order valence-corrected chi connectivity index (χ2v) is 9.74. The average Bonchev–Trinajstić information content (AvgIpc) is 3.14. The Morgan fingerprint density at radius 3 is 2.49 bits per heavy atom. The lowest BCUT2D eigenvalue weighted by Crippen LogP contribution is -2.33. The summed E-state index contributed by atoms with van der Waals surface area (Å²) in [5, 5.41) is 9.25. The molecule has 4 rings (SSSR count). The Hall–Kier alpha value is -3.38. The molecular weight excluding hydrogens is 469 g/mol. The summed E-state index contributed by atoms with van der Waals surface area (Å²) in [7, 11) is 0. The van der Waals surface area contributed by atoms with E-state index in [4.69, 9.17) is 21.4 Å². The number of hydrogen-bond donors (Lipinski definition) is 1. The summed E-state index contributed by atoms with van der Waals surface area (Å²) in [5.74, 6) is -0.966. The van der Waals surface area contributed by atoms with E-state index in [9.17, 15) is 14.0 Å². The van der Waals surface area contributed by atoms with Crippen LogP contribution in [0.5, 0.6) is 5.75 Å². The number of fused-ring (bicyclic) bond motifs is 1. The molecule has 1 heterocycles. The average molecular weight is 496 g/mol. The predicted octanol–water partition coefficient (Wildman–Crippen LogP) is 5.84. The molecular formula is C28H27ClFNO4. The molecule has 0 aromatic heterocycles. The largest absolute Gasteiger partial charge is 0.487 e. The zero-order valence-electron chi connectivity index (χ0n) is 19.7. The number of benzene rings is 3. The highest BCUT2D eigenvalue weighted by Gasteiger charge is 2.35. The zero-order chi connectivity index (χ0) is 25.2. The third kappa shape index (κ3) is 6.01. The molecule has 0 saturated carbocycles. The van der Waals surface area contributed by atoms with Crippen molar-refractivity contribution in [2.45, 2.75) is 45.3 Å². The van der Waals surface area contributed by atoms with Crippen LogP contribution in [0.25, 0.3) is 0 Å². The van der Waals surface area contributed by atoms with Crippen molar-refractivity contribution in [3.05, 3.63) is 99.3 Å². The van der Waals surface area contributed by atoms with Crippen molar-refractivity contribution >= 4 is 23.5 Å². The number of amides is 1. The summed E-state index contributed by atoms with van der Waals surface area (Å²) in [4.78, 5) is 26.1. The SMILES string of the molecule is Cc1ccc(CN(CCC(=O)O)C(=O)c2ccc3c(c2)CC(C)(Cc2ccc(Cl)c(F)c2)O3)cc1. The molecule has 1 atom stereocenters. The normalized spacial score (nSPS) is 16.5. The summed E-state index contributed by atoms with van der Waals surface area (Å²) >= 11 is 5.80. The van der Waals surface area contributed by atoms with Crippen molar-refractivity contribution in [3.8, 4) is 5.75 Å². The third-order valence-corrected chi connectivity index (χ3v) is 6.47. The van der Waals surface area contributed by atoms with Gasteiger partial charge < -0.3 is 14.7 Å². The molecule has 0 radical (unpaired) electrons. The first-order chi connectivity index (χ1) is 16.6. The smallest absolute Gasteiger partial charge is 0.305 e. The lowest BCUT2D eigenvalue weighted by molar-refractivity contribution is -0.137. The number of ether oxygens (including phenoxy) is 1. The second kappa shape index (κ2) is 10.1. The number of aryl methyl sites for hydroxylation is 1. The third-order valence-electron chi connectivity index (χ3n) is 6.17. The summed E-state index contributed by atoms with van der Waals surface area (Å²) < 4.78 is 20.1. The Bertz CT molecular complexity index is 1260. The van der Waals surface area contributed by atoms with Gasteiger partial charge in [0.05, 0.1) is 11.4 Å². The van der Waals surface area contributed by atoms with Gasteiger partial charge in [-0.15, -0.1) is 0 Å². The van der Waals surface area contributed by atoms with Gasteiger partial charge in [0.25, 0.3) is 5.91 Å². The Labute approximate surface area is 209 Å². The van der Waals surface area contributed by atoms with Gasteiger partial charge in [-0.2, -0.15) is 0 Å². The van der Waals surface area contributed by atoms with Crippen molar-refractivity contribution in [3.63, 3.8) is 0 Å². The van der Waals surface area contributed by atoms with Gasteiger partial charge in [-0.05, 0) is 60.9 Å². The molecule has 1 amide bonds. The summed E-state index contributed by atoms with van der Waals surface area (Å²) in [5.41, 5.74) is 3.60. The van der Waals surface area contributed by atoms with Gasteiger partial charge in [0.2, 0.25) is 0 Å². The zero-order valence-corrected chi connectivity index (χ0v) is 20.4. The highest BCUT2D eigenvalue weighted by atomic mass is 35.5. The van der Waals surface area contributed by atoms with Crippen molar-refractivity contribution in [2.24, 2.45) is 0 Å². The molecule has 182 valence electrons. The molecule has 1 unspecified atom stereocenters. The minimum Gasteiger partial charge on any atom is -0.487 e. The molecule has 0 aliphatic carbocycles. The maximum absolute atomic E-state index is 13.9. The standard InChI is InChI=1S/C28H27ClFNO4/c1-18-3-5-19(6-4-18)17-31(12-11-26(32)33)27(34)21-8-10-25-22(14-21)16-28(2,35-25)15-20-7-9-23(29)24(30)13-20/h3-10,13-14H,11-12,15-17H2,1-2H3,(H,32,33). The topological polar surface area (TPSA) is 66.8 Å². The number of carbonyl (C=O) groups is 2. The van der Waals surface area contributed by atoms with Gasteiger partial charge in [0.15, 0.2) is 0 Å². The van der Waals surface area contributed by atoms with Gasteiger partial charge in [-0.25, -0.2) is 4.39 Å². The van der Waals surface area contributed by atoms with E-state index in [1.54, 1.807) is 23.1 Å². The number of hydrogen-bond acceptors (Lipinski definition) is 3. The van der Waals surface area contributed by atoms with Gasteiger partial charge in [-0.3, -0.25) is 9.59 Å². The molecule has 35 heavy (non-hydrogen) atoms. The van der Waals surface area contributed by atoms with Crippen LogP contribution in [-0.4, -0.2) is 34.0 Å². The van der Waals surface area contributed by atoms with E-state index in [0.29, 0.717) is 30.7 Å². The van der Waals surface area contributed by atoms with E-state index in [2.05, 4.69) is 0 Å². The van der Waals surface area contributed by atoms with Gasteiger partial charge in [-0.1, -0.05) is 47.5 Å². The van der Waals surface area contributed by atoms with E-state index in [1.165, 1.54) is 12.1 Å². The number of carboxylic acid groups (broad SMARTS) is 1. The summed E-state index contributed by atoms with van der Waals surface area (Å²) in [6.45, 7) is 4.37. The van der Waals surface area contributed by atoms with Crippen LogP contribution < -0.4 is 4.74 Å². The molecule has 1 aliphatic rings. The molecule has 1 aliphatic heterocycles. The van der Waals surface area contributed by atoms with Gasteiger partial charge in [0.1, 0.15) is 17.2 Å². The fraction of sp³-hybridized carbons (Fsp3) is 0.286. The first-order valence-electron chi connectivity index (χ1n) is 11.4. The summed E-state index contributed by atoms with van der Waals surface area (Å²) in [6, 6.07) is 17.8. The fourth-order valence-corrected chi connectivity index (χ4v) is 4.53. The van der Waals surface area contributed by atoms with Crippen LogP contribution in [0.2, 0.25) is 5.02 Å². The fourth-order valence-electron chi connectivity index (χ4n) is 4.41. The lowest BCUT2D eigenvalue weighted by atomic mass is 9.91. The molecule has 0 spiro atoms. The van der Waals surface area contributed by atoms with E-state index in [0.717, 1.165) is 22.3 Å². The quantitative estimate of drug-likeness (QED) is 0.426. The number of aliphatic carboxylic acids is 1. The highest BCUT2D eigenvalue weighted by Crippen LogP contribution is 2.38. The van der Waals surface area contributed by atoms with E-state index in [-0.39, 0.29) is 23.9 Å². The van der Waals surface area contributed by atoms with E-state index in [1.807, 2.05) is 44.2 Å². The van der Waals surface area contributed by atoms with Gasteiger partial charge >= 0.3 is 5.97 Å². The van der Waals surface area contributed by atoms with Crippen LogP contribution in [0.15, 0.2) is 60.7 Å². The van der Waals surface area contributed by atoms with Crippen molar-refractivity contribution in [1.29, 1.82) is 0 Å². The highest BCUT2D eigenvalue weighted by molar-refractivity contribution is 6.30. The van der Waals surface area contributed by atoms with Crippen molar-refractivity contribution < 1.29 is 23.8 Å². The van der Waals surface area contributed by atoms with Crippen molar-refractivity contribution in [2.75, 3.05) is 6.54 Å². The maximum Gasteiger partial charge on any atom is 0.305 e. The number of nitrogens with zero attached hydrogens (tertiary/aromatic N) is 1. The molecule has 1 N–H and O–H groups in total. The number of carbonyl (C=O) groups excluding carboxylic acids is 1.